The van der Waals surface area contributed by atoms with Gasteiger partial charge in [-0.2, -0.15) is 5.16 Å². The molecule has 6 nitrogen and oxygen atoms in total. The Morgan fingerprint density at radius 1 is 1.33 bits per heavy atom. The molecule has 1 fully saturated rings. The molecule has 0 aliphatic carbocycles. The van der Waals surface area contributed by atoms with Gasteiger partial charge in [0, 0.05) is 35.0 Å². The van der Waals surface area contributed by atoms with Crippen LogP contribution in [0.4, 0.5) is 0 Å². The Morgan fingerprint density at radius 3 is 2.62 bits per heavy atom. The highest BCUT2D eigenvalue weighted by atomic mass is 35.5. The smallest absolute Gasteiger partial charge is 0.300 e. The minimum absolute atomic E-state index is 0.138. The summed E-state index contributed by atoms with van der Waals surface area (Å²) in [4.78, 5) is 20.2. The van der Waals surface area contributed by atoms with Crippen LogP contribution in [0.15, 0.2) is 33.6 Å². The molecule has 2 heterocycles. The molecule has 1 aromatic carbocycles. The number of hydrogen-bond donors (Lipinski definition) is 3. The number of benzene rings is 1. The Balaban J connectivity index is 0.000000471. The third-order valence-electron chi connectivity index (χ3n) is 3.69. The van der Waals surface area contributed by atoms with E-state index in [1.165, 1.54) is 6.07 Å². The average Bonchev–Trinajstić information content (AvgIpc) is 2.93. The molecule has 3 rings (SSSR count). The standard InChI is InChI=1S/C14H14Cl2N2O2.C2H4O2/c15-9-1-2-10(11(16)6-9)12-5-8(3-4-17-12)13-7-14(19)18-20-13;1-2(3)4/h1-2,6-8,12,17H,3-5H2,(H,18,19);1H3,(H,3,4). The summed E-state index contributed by atoms with van der Waals surface area (Å²) < 4.78 is 5.22. The zero-order chi connectivity index (χ0) is 17.7. The van der Waals surface area contributed by atoms with Crippen molar-refractivity contribution < 1.29 is 14.4 Å². The minimum atomic E-state index is -0.833. The van der Waals surface area contributed by atoms with Crippen molar-refractivity contribution in [2.24, 2.45) is 0 Å². The molecule has 2 atom stereocenters. The Kier molecular flexibility index (Phi) is 6.48. The lowest BCUT2D eigenvalue weighted by Crippen LogP contribution is -2.31. The van der Waals surface area contributed by atoms with Crippen molar-refractivity contribution in [1.29, 1.82) is 0 Å². The first-order valence-electron chi connectivity index (χ1n) is 7.43. The van der Waals surface area contributed by atoms with Gasteiger partial charge in [0.1, 0.15) is 5.76 Å². The van der Waals surface area contributed by atoms with Crippen LogP contribution in [0.2, 0.25) is 10.0 Å². The van der Waals surface area contributed by atoms with Gasteiger partial charge in [-0.15, -0.1) is 0 Å². The summed E-state index contributed by atoms with van der Waals surface area (Å²) in [6.07, 6.45) is 1.77. The van der Waals surface area contributed by atoms with Gasteiger partial charge in [-0.05, 0) is 37.1 Å². The van der Waals surface area contributed by atoms with Crippen LogP contribution in [0.25, 0.3) is 0 Å². The van der Waals surface area contributed by atoms with Crippen molar-refractivity contribution >= 4 is 29.2 Å². The van der Waals surface area contributed by atoms with Crippen LogP contribution in [-0.2, 0) is 4.79 Å². The molecule has 0 radical (unpaired) electrons. The summed E-state index contributed by atoms with van der Waals surface area (Å²) in [5, 5.41) is 14.5. The number of carbonyl (C=O) groups is 1. The average molecular weight is 373 g/mol. The van der Waals surface area contributed by atoms with Crippen LogP contribution in [0.3, 0.4) is 0 Å². The van der Waals surface area contributed by atoms with Crippen molar-refractivity contribution in [3.8, 4) is 0 Å². The predicted molar refractivity (Wildman–Crippen MR) is 91.8 cm³/mol. The van der Waals surface area contributed by atoms with Crippen molar-refractivity contribution in [2.45, 2.75) is 31.7 Å². The van der Waals surface area contributed by atoms with Crippen LogP contribution < -0.4 is 10.9 Å². The monoisotopic (exact) mass is 372 g/mol. The van der Waals surface area contributed by atoms with E-state index >= 15 is 0 Å². The number of aromatic nitrogens is 1. The lowest BCUT2D eigenvalue weighted by molar-refractivity contribution is -0.134. The quantitative estimate of drug-likeness (QED) is 0.748. The molecule has 0 saturated carbocycles. The Morgan fingerprint density at radius 2 is 2.04 bits per heavy atom. The van der Waals surface area contributed by atoms with Gasteiger partial charge in [-0.1, -0.05) is 29.3 Å². The molecule has 0 bridgehead atoms. The van der Waals surface area contributed by atoms with Crippen molar-refractivity contribution in [1.82, 2.24) is 10.5 Å². The van der Waals surface area contributed by atoms with Crippen LogP contribution in [0, 0.1) is 0 Å². The number of aromatic amines is 1. The highest BCUT2D eigenvalue weighted by Gasteiger charge is 2.27. The summed E-state index contributed by atoms with van der Waals surface area (Å²) in [6, 6.07) is 7.19. The first-order chi connectivity index (χ1) is 11.4. The SMILES string of the molecule is CC(=O)O.O=c1cc(C2CCNC(c3ccc(Cl)cc3Cl)C2)o[nH]1. The largest absolute Gasteiger partial charge is 0.481 e. The molecule has 0 amide bonds. The van der Waals surface area contributed by atoms with Gasteiger partial charge in [-0.25, -0.2) is 0 Å². The Hall–Kier alpha value is -1.76. The first-order valence-corrected chi connectivity index (χ1v) is 8.18. The lowest BCUT2D eigenvalue weighted by Gasteiger charge is -2.29. The number of hydrogen-bond acceptors (Lipinski definition) is 4. The summed E-state index contributed by atoms with van der Waals surface area (Å²) in [5.41, 5.74) is 0.832. The van der Waals surface area contributed by atoms with Gasteiger partial charge in [0.05, 0.1) is 0 Å². The number of H-pyrrole nitrogens is 1. The van der Waals surface area contributed by atoms with Crippen molar-refractivity contribution in [2.75, 3.05) is 6.54 Å². The normalized spacial score (nSPS) is 20.1. The zero-order valence-electron chi connectivity index (χ0n) is 13.0. The van der Waals surface area contributed by atoms with E-state index in [4.69, 9.17) is 37.6 Å². The zero-order valence-corrected chi connectivity index (χ0v) is 14.5. The first kappa shape index (κ1) is 18.6. The maximum Gasteiger partial charge on any atom is 0.300 e. The van der Waals surface area contributed by atoms with E-state index in [2.05, 4.69) is 10.5 Å². The van der Waals surface area contributed by atoms with Gasteiger partial charge in [0.2, 0.25) is 0 Å². The maximum atomic E-state index is 11.2. The highest BCUT2D eigenvalue weighted by Crippen LogP contribution is 2.36. The second-order valence-electron chi connectivity index (χ2n) is 5.53. The van der Waals surface area contributed by atoms with Crippen LogP contribution >= 0.6 is 23.2 Å². The Labute approximate surface area is 148 Å². The molecule has 2 aromatic rings. The molecule has 24 heavy (non-hydrogen) atoms. The fourth-order valence-corrected chi connectivity index (χ4v) is 3.24. The van der Waals surface area contributed by atoms with E-state index < -0.39 is 5.97 Å². The molecular formula is C16H18Cl2N2O4. The fourth-order valence-electron chi connectivity index (χ4n) is 2.70. The maximum absolute atomic E-state index is 11.2. The van der Waals surface area contributed by atoms with E-state index in [0.29, 0.717) is 15.8 Å². The molecule has 3 N–H and O–H groups in total. The van der Waals surface area contributed by atoms with E-state index in [1.807, 2.05) is 12.1 Å². The van der Waals surface area contributed by atoms with E-state index in [1.54, 1.807) is 6.07 Å². The third-order valence-corrected chi connectivity index (χ3v) is 4.25. The van der Waals surface area contributed by atoms with Crippen molar-refractivity contribution in [3.63, 3.8) is 0 Å². The van der Waals surface area contributed by atoms with Crippen molar-refractivity contribution in [3.05, 3.63) is 56.0 Å². The topological polar surface area (TPSA) is 95.3 Å². The van der Waals surface area contributed by atoms with E-state index in [0.717, 1.165) is 31.9 Å². The fraction of sp³-hybridized carbons (Fsp3) is 0.375. The molecule has 130 valence electrons. The second-order valence-corrected chi connectivity index (χ2v) is 6.37. The molecule has 1 aliphatic rings. The number of carboxylic acid groups (broad SMARTS) is 1. The molecule has 1 aliphatic heterocycles. The van der Waals surface area contributed by atoms with Crippen LogP contribution in [0.5, 0.6) is 0 Å². The van der Waals surface area contributed by atoms with Crippen LogP contribution in [0.1, 0.15) is 43.0 Å². The number of carboxylic acids is 1. The molecular weight excluding hydrogens is 355 g/mol. The summed E-state index contributed by atoms with van der Waals surface area (Å²) >= 11 is 12.2. The number of rotatable bonds is 2. The second kappa shape index (κ2) is 8.37. The molecule has 8 heteroatoms. The van der Waals surface area contributed by atoms with Gasteiger partial charge >= 0.3 is 0 Å². The minimum Gasteiger partial charge on any atom is -0.481 e. The summed E-state index contributed by atoms with van der Waals surface area (Å²) in [6.45, 7) is 1.93. The molecule has 0 spiro atoms. The van der Waals surface area contributed by atoms with Gasteiger partial charge in [-0.3, -0.25) is 9.59 Å². The van der Waals surface area contributed by atoms with Gasteiger partial charge in [0.15, 0.2) is 0 Å². The van der Waals surface area contributed by atoms with Crippen LogP contribution in [-0.4, -0.2) is 22.8 Å². The summed E-state index contributed by atoms with van der Waals surface area (Å²) in [5.74, 6) is 0.0959. The predicted octanol–water partition coefficient (Wildman–Crippen LogP) is 3.57. The number of aliphatic carboxylic acids is 1. The van der Waals surface area contributed by atoms with E-state index in [9.17, 15) is 4.79 Å². The third kappa shape index (κ3) is 5.12. The molecule has 1 saturated heterocycles. The lowest BCUT2D eigenvalue weighted by atomic mass is 9.87. The molecule has 1 aromatic heterocycles. The van der Waals surface area contributed by atoms with Gasteiger partial charge in [0.25, 0.3) is 11.5 Å². The van der Waals surface area contributed by atoms with Gasteiger partial charge < -0.3 is 14.9 Å². The highest BCUT2D eigenvalue weighted by molar-refractivity contribution is 6.35. The number of nitrogens with one attached hydrogen (secondary N) is 2. The molecule has 2 unspecified atom stereocenters. The number of piperidine rings is 1. The number of halogens is 2. The Bertz CT molecular complexity index is 753. The summed E-state index contributed by atoms with van der Waals surface area (Å²) in [7, 11) is 0. The van der Waals surface area contributed by atoms with E-state index in [-0.39, 0.29) is 17.5 Å².